The molecule has 3 rings (SSSR count). The Labute approximate surface area is 148 Å². The van der Waals surface area contributed by atoms with E-state index in [9.17, 15) is 4.79 Å². The minimum absolute atomic E-state index is 0.112. The van der Waals surface area contributed by atoms with Crippen LogP contribution in [-0.2, 0) is 11.3 Å². The van der Waals surface area contributed by atoms with Crippen LogP contribution in [0.25, 0.3) is 0 Å². The number of hydrogen-bond acceptors (Lipinski definition) is 4. The Morgan fingerprint density at radius 2 is 2.04 bits per heavy atom. The van der Waals surface area contributed by atoms with Crippen LogP contribution in [0.15, 0.2) is 36.7 Å². The van der Waals surface area contributed by atoms with E-state index in [0.717, 1.165) is 38.3 Å². The van der Waals surface area contributed by atoms with E-state index in [4.69, 9.17) is 9.47 Å². The topological polar surface area (TPSA) is 65.4 Å². The van der Waals surface area contributed by atoms with E-state index in [0.29, 0.717) is 17.2 Å². The number of ether oxygens (including phenoxy) is 2. The number of benzene rings is 1. The Kier molecular flexibility index (Phi) is 5.71. The van der Waals surface area contributed by atoms with Crippen molar-refractivity contribution >= 4 is 11.6 Å². The van der Waals surface area contributed by atoms with Crippen molar-refractivity contribution in [2.24, 2.45) is 5.92 Å². The zero-order valence-electron chi connectivity index (χ0n) is 14.8. The standard InChI is InChI=1S/C19H25N3O3/c1-14(2)25-18-5-3-16(4-6-18)19(23)21-17-11-20-22(13-17)12-15-7-9-24-10-8-15/h3-6,11,13-15H,7-10,12H2,1-2H3,(H,21,23). The van der Waals surface area contributed by atoms with E-state index in [1.54, 1.807) is 18.3 Å². The summed E-state index contributed by atoms with van der Waals surface area (Å²) in [5.41, 5.74) is 1.30. The van der Waals surface area contributed by atoms with Crippen molar-refractivity contribution in [1.82, 2.24) is 9.78 Å². The fourth-order valence-electron chi connectivity index (χ4n) is 2.88. The molecule has 0 unspecified atom stereocenters. The van der Waals surface area contributed by atoms with Gasteiger partial charge in [-0.15, -0.1) is 0 Å². The number of amides is 1. The first-order valence-electron chi connectivity index (χ1n) is 8.78. The largest absolute Gasteiger partial charge is 0.491 e. The molecule has 2 aromatic rings. The molecule has 1 fully saturated rings. The molecule has 134 valence electrons. The Hall–Kier alpha value is -2.34. The summed E-state index contributed by atoms with van der Waals surface area (Å²) in [6, 6.07) is 7.14. The third-order valence-electron chi connectivity index (χ3n) is 4.17. The molecule has 25 heavy (non-hydrogen) atoms. The smallest absolute Gasteiger partial charge is 0.255 e. The molecule has 1 aromatic heterocycles. The first-order valence-corrected chi connectivity index (χ1v) is 8.78. The maximum absolute atomic E-state index is 12.3. The minimum Gasteiger partial charge on any atom is -0.491 e. The number of anilines is 1. The third-order valence-corrected chi connectivity index (χ3v) is 4.17. The van der Waals surface area contributed by atoms with Gasteiger partial charge >= 0.3 is 0 Å². The van der Waals surface area contributed by atoms with Crippen LogP contribution in [0.1, 0.15) is 37.0 Å². The molecule has 0 saturated carbocycles. The molecule has 0 aliphatic carbocycles. The van der Waals surface area contributed by atoms with Gasteiger partial charge in [-0.2, -0.15) is 5.10 Å². The molecule has 1 aliphatic heterocycles. The highest BCUT2D eigenvalue weighted by Gasteiger charge is 2.15. The van der Waals surface area contributed by atoms with Crippen LogP contribution in [0.5, 0.6) is 5.75 Å². The second-order valence-electron chi connectivity index (χ2n) is 6.65. The minimum atomic E-state index is -0.151. The second-order valence-corrected chi connectivity index (χ2v) is 6.65. The average molecular weight is 343 g/mol. The molecular weight excluding hydrogens is 318 g/mol. The Balaban J connectivity index is 1.55. The Morgan fingerprint density at radius 1 is 1.32 bits per heavy atom. The molecule has 0 spiro atoms. The van der Waals surface area contributed by atoms with Crippen molar-refractivity contribution in [2.75, 3.05) is 18.5 Å². The summed E-state index contributed by atoms with van der Waals surface area (Å²) in [5, 5.41) is 7.23. The zero-order valence-corrected chi connectivity index (χ0v) is 14.8. The second kappa shape index (κ2) is 8.16. The van der Waals surface area contributed by atoms with Gasteiger partial charge < -0.3 is 14.8 Å². The summed E-state index contributed by atoms with van der Waals surface area (Å²) in [4.78, 5) is 12.3. The number of hydrogen-bond donors (Lipinski definition) is 1. The van der Waals surface area contributed by atoms with Crippen molar-refractivity contribution in [2.45, 2.75) is 39.3 Å². The van der Waals surface area contributed by atoms with E-state index in [-0.39, 0.29) is 12.0 Å². The molecule has 1 amide bonds. The van der Waals surface area contributed by atoms with Crippen molar-refractivity contribution in [1.29, 1.82) is 0 Å². The van der Waals surface area contributed by atoms with E-state index in [1.807, 2.05) is 36.9 Å². The van der Waals surface area contributed by atoms with Gasteiger partial charge in [-0.05, 0) is 56.9 Å². The van der Waals surface area contributed by atoms with Gasteiger partial charge in [-0.25, -0.2) is 0 Å². The first-order chi connectivity index (χ1) is 12.1. The van der Waals surface area contributed by atoms with E-state index < -0.39 is 0 Å². The molecule has 6 nitrogen and oxygen atoms in total. The molecule has 6 heteroatoms. The molecule has 0 bridgehead atoms. The maximum atomic E-state index is 12.3. The van der Waals surface area contributed by atoms with Crippen LogP contribution in [0.3, 0.4) is 0 Å². The molecule has 0 radical (unpaired) electrons. The van der Waals surface area contributed by atoms with Gasteiger partial charge in [-0.1, -0.05) is 0 Å². The fraction of sp³-hybridized carbons (Fsp3) is 0.474. The zero-order chi connectivity index (χ0) is 17.6. The molecule has 2 heterocycles. The number of carbonyl (C=O) groups is 1. The number of nitrogens with one attached hydrogen (secondary N) is 1. The SMILES string of the molecule is CC(C)Oc1ccc(C(=O)Nc2cnn(CC3CCOCC3)c2)cc1. The summed E-state index contributed by atoms with van der Waals surface area (Å²) >= 11 is 0. The summed E-state index contributed by atoms with van der Waals surface area (Å²) < 4.78 is 12.9. The van der Waals surface area contributed by atoms with E-state index in [2.05, 4.69) is 10.4 Å². The van der Waals surface area contributed by atoms with Gasteiger partial charge in [-0.3, -0.25) is 9.48 Å². The molecular formula is C19H25N3O3. The first kappa shape index (κ1) is 17.5. The van der Waals surface area contributed by atoms with Crippen molar-refractivity contribution in [3.8, 4) is 5.75 Å². The highest BCUT2D eigenvalue weighted by molar-refractivity contribution is 6.04. The lowest BCUT2D eigenvalue weighted by molar-refractivity contribution is 0.0601. The van der Waals surface area contributed by atoms with E-state index in [1.165, 1.54) is 0 Å². The van der Waals surface area contributed by atoms with Crippen molar-refractivity contribution in [3.05, 3.63) is 42.2 Å². The Morgan fingerprint density at radius 3 is 2.72 bits per heavy atom. The van der Waals surface area contributed by atoms with Gasteiger partial charge in [0.15, 0.2) is 0 Å². The normalized spacial score (nSPS) is 15.3. The van der Waals surface area contributed by atoms with Crippen molar-refractivity contribution in [3.63, 3.8) is 0 Å². The lowest BCUT2D eigenvalue weighted by Gasteiger charge is -2.21. The van der Waals surface area contributed by atoms with Crippen LogP contribution >= 0.6 is 0 Å². The monoisotopic (exact) mass is 343 g/mol. The Bertz CT molecular complexity index is 688. The van der Waals surface area contributed by atoms with Gasteiger partial charge in [0.1, 0.15) is 5.75 Å². The van der Waals surface area contributed by atoms with Crippen molar-refractivity contribution < 1.29 is 14.3 Å². The maximum Gasteiger partial charge on any atom is 0.255 e. The van der Waals surface area contributed by atoms with Gasteiger partial charge in [0.05, 0.1) is 18.0 Å². The summed E-state index contributed by atoms with van der Waals surface area (Å²) in [6.07, 6.45) is 5.80. The van der Waals surface area contributed by atoms with Gasteiger partial charge in [0.2, 0.25) is 0 Å². The molecule has 0 atom stereocenters. The predicted molar refractivity (Wildman–Crippen MR) is 95.9 cm³/mol. The summed E-state index contributed by atoms with van der Waals surface area (Å²) in [6.45, 7) is 6.45. The van der Waals surface area contributed by atoms with Crippen LogP contribution in [0.4, 0.5) is 5.69 Å². The number of carbonyl (C=O) groups excluding carboxylic acids is 1. The fourth-order valence-corrected chi connectivity index (χ4v) is 2.88. The van der Waals surface area contributed by atoms with Gasteiger partial charge in [0, 0.05) is 31.5 Å². The lowest BCUT2D eigenvalue weighted by atomic mass is 10.0. The van der Waals surface area contributed by atoms with Crippen LogP contribution in [0.2, 0.25) is 0 Å². The van der Waals surface area contributed by atoms with Crippen LogP contribution in [-0.4, -0.2) is 35.0 Å². The molecule has 1 saturated heterocycles. The third kappa shape index (κ3) is 5.06. The number of rotatable bonds is 6. The number of aromatic nitrogens is 2. The predicted octanol–water partition coefficient (Wildman–Crippen LogP) is 3.35. The number of nitrogens with zero attached hydrogens (tertiary/aromatic N) is 2. The lowest BCUT2D eigenvalue weighted by Crippen LogP contribution is -2.20. The highest BCUT2D eigenvalue weighted by atomic mass is 16.5. The van der Waals surface area contributed by atoms with Gasteiger partial charge in [0.25, 0.3) is 5.91 Å². The van der Waals surface area contributed by atoms with Crippen LogP contribution in [0, 0.1) is 5.92 Å². The quantitative estimate of drug-likeness (QED) is 0.873. The molecule has 1 aromatic carbocycles. The molecule has 1 N–H and O–H groups in total. The highest BCUT2D eigenvalue weighted by Crippen LogP contribution is 2.18. The average Bonchev–Trinajstić information content (AvgIpc) is 3.02. The van der Waals surface area contributed by atoms with E-state index >= 15 is 0 Å². The summed E-state index contributed by atoms with van der Waals surface area (Å²) in [5.74, 6) is 1.20. The summed E-state index contributed by atoms with van der Waals surface area (Å²) in [7, 11) is 0. The van der Waals surface area contributed by atoms with Crippen LogP contribution < -0.4 is 10.1 Å². The molecule has 1 aliphatic rings.